The van der Waals surface area contributed by atoms with Crippen molar-refractivity contribution in [2.45, 2.75) is 45.5 Å². The number of ketones is 1. The van der Waals surface area contributed by atoms with Gasteiger partial charge in [0.2, 0.25) is 5.95 Å². The minimum atomic E-state index is -2.01. The highest BCUT2D eigenvalue weighted by Crippen LogP contribution is 2.32. The fourth-order valence-corrected chi connectivity index (χ4v) is 4.40. The Morgan fingerprint density at radius 1 is 1.18 bits per heavy atom. The van der Waals surface area contributed by atoms with E-state index in [1.54, 1.807) is 19.2 Å². The molecule has 2 fully saturated rings. The van der Waals surface area contributed by atoms with E-state index >= 15 is 0 Å². The fourth-order valence-electron chi connectivity index (χ4n) is 4.40. The number of aromatic nitrogens is 4. The molecule has 1 aliphatic carbocycles. The van der Waals surface area contributed by atoms with E-state index in [1.165, 1.54) is 13.1 Å². The summed E-state index contributed by atoms with van der Waals surface area (Å²) in [5, 5.41) is 6.73. The SMILES string of the molecule is [2H]C1([2H])CCC([2H])([2H])C1n1c(=O)c(C(C)=O)c(C)c2cnc(Nc3ccc(N4CCNCC4)cn3)nc21. The van der Waals surface area contributed by atoms with E-state index in [1.807, 2.05) is 6.07 Å². The molecule has 0 radical (unpaired) electrons. The van der Waals surface area contributed by atoms with Crippen LogP contribution in [0.4, 0.5) is 17.5 Å². The van der Waals surface area contributed by atoms with E-state index in [0.29, 0.717) is 16.8 Å². The number of nitrogens with zero attached hydrogens (tertiary/aromatic N) is 5. The van der Waals surface area contributed by atoms with Crippen molar-refractivity contribution < 1.29 is 10.3 Å². The summed E-state index contributed by atoms with van der Waals surface area (Å²) in [6, 6.07) is 2.30. The van der Waals surface area contributed by atoms with Crippen LogP contribution in [0.1, 0.15) is 60.0 Å². The second-order valence-electron chi connectivity index (χ2n) is 8.24. The Morgan fingerprint density at radius 2 is 1.94 bits per heavy atom. The normalized spacial score (nSPS) is 21.8. The van der Waals surface area contributed by atoms with Crippen molar-refractivity contribution in [3.63, 3.8) is 0 Å². The molecule has 172 valence electrons. The number of carbonyl (C=O) groups excluding carboxylic acids is 1. The summed E-state index contributed by atoms with van der Waals surface area (Å²) in [7, 11) is 0. The zero-order valence-corrected chi connectivity index (χ0v) is 18.7. The van der Waals surface area contributed by atoms with Crippen LogP contribution in [0.2, 0.25) is 0 Å². The summed E-state index contributed by atoms with van der Waals surface area (Å²) >= 11 is 0. The molecule has 3 aromatic rings. The minimum Gasteiger partial charge on any atom is -0.368 e. The first-order valence-corrected chi connectivity index (χ1v) is 11.1. The average molecular weight is 452 g/mol. The lowest BCUT2D eigenvalue weighted by atomic mass is 10.0. The Bertz CT molecular complexity index is 1400. The van der Waals surface area contributed by atoms with Crippen molar-refractivity contribution in [1.29, 1.82) is 0 Å². The summed E-state index contributed by atoms with van der Waals surface area (Å²) in [6.45, 7) is 6.50. The topological polar surface area (TPSA) is 105 Å². The third-order valence-corrected chi connectivity index (χ3v) is 6.09. The van der Waals surface area contributed by atoms with Crippen LogP contribution in [0.5, 0.6) is 0 Å². The lowest BCUT2D eigenvalue weighted by Gasteiger charge is -2.29. The number of Topliss-reactive ketones (excluding diaryl/α,β-unsaturated/α-hetero) is 1. The zero-order chi connectivity index (χ0) is 26.5. The summed E-state index contributed by atoms with van der Waals surface area (Å²) in [6.07, 6.45) is -0.900. The zero-order valence-electron chi connectivity index (χ0n) is 22.7. The highest BCUT2D eigenvalue weighted by atomic mass is 16.1. The van der Waals surface area contributed by atoms with E-state index in [0.717, 1.165) is 36.4 Å². The number of hydrogen-bond donors (Lipinski definition) is 2. The van der Waals surface area contributed by atoms with Crippen molar-refractivity contribution in [3.8, 4) is 0 Å². The Morgan fingerprint density at radius 3 is 2.61 bits per heavy atom. The molecule has 33 heavy (non-hydrogen) atoms. The molecule has 3 aromatic heterocycles. The summed E-state index contributed by atoms with van der Waals surface area (Å²) in [5.74, 6) is 0.126. The van der Waals surface area contributed by atoms with Crippen molar-refractivity contribution in [2.75, 3.05) is 36.4 Å². The Kier molecular flexibility index (Phi) is 4.63. The lowest BCUT2D eigenvalue weighted by Crippen LogP contribution is -2.43. The highest BCUT2D eigenvalue weighted by molar-refractivity contribution is 5.99. The molecule has 0 amide bonds. The van der Waals surface area contributed by atoms with Gasteiger partial charge in [0.15, 0.2) is 5.78 Å². The maximum atomic E-state index is 13.6. The molecule has 1 aliphatic heterocycles. The van der Waals surface area contributed by atoms with Gasteiger partial charge in [-0.1, -0.05) is 12.8 Å². The monoisotopic (exact) mass is 451 g/mol. The molecule has 0 bridgehead atoms. The van der Waals surface area contributed by atoms with Gasteiger partial charge in [-0.25, -0.2) is 9.97 Å². The van der Waals surface area contributed by atoms with Crippen LogP contribution < -0.4 is 21.1 Å². The molecule has 1 saturated heterocycles. The number of pyridine rings is 2. The number of piperazine rings is 1. The molecule has 0 unspecified atom stereocenters. The van der Waals surface area contributed by atoms with Gasteiger partial charge in [0.25, 0.3) is 5.56 Å². The fraction of sp³-hybridized carbons (Fsp3) is 0.458. The van der Waals surface area contributed by atoms with Gasteiger partial charge in [-0.05, 0) is 44.3 Å². The molecule has 5 rings (SSSR count). The van der Waals surface area contributed by atoms with Crippen LogP contribution in [0.25, 0.3) is 11.0 Å². The van der Waals surface area contributed by atoms with Gasteiger partial charge in [-0.2, -0.15) is 4.98 Å². The van der Waals surface area contributed by atoms with E-state index in [9.17, 15) is 9.59 Å². The van der Waals surface area contributed by atoms with Gasteiger partial charge >= 0.3 is 0 Å². The quantitative estimate of drug-likeness (QED) is 0.571. The number of fused-ring (bicyclic) bond motifs is 1. The maximum Gasteiger partial charge on any atom is 0.263 e. The molecule has 2 aliphatic rings. The van der Waals surface area contributed by atoms with E-state index in [4.69, 9.17) is 5.48 Å². The summed E-state index contributed by atoms with van der Waals surface area (Å²) < 4.78 is 35.0. The average Bonchev–Trinajstić information content (AvgIpc) is 3.07. The van der Waals surface area contributed by atoms with Gasteiger partial charge in [0, 0.05) is 49.3 Å². The Balaban J connectivity index is 1.59. The van der Waals surface area contributed by atoms with Crippen molar-refractivity contribution >= 4 is 34.3 Å². The number of carbonyl (C=O) groups is 1. The van der Waals surface area contributed by atoms with Gasteiger partial charge in [-0.3, -0.25) is 14.2 Å². The molecule has 1 saturated carbocycles. The number of hydrogen-bond acceptors (Lipinski definition) is 8. The second kappa shape index (κ2) is 8.90. The summed E-state index contributed by atoms with van der Waals surface area (Å²) in [4.78, 5) is 41.5. The molecule has 0 atom stereocenters. The largest absolute Gasteiger partial charge is 0.368 e. The number of nitrogens with one attached hydrogen (secondary N) is 2. The van der Waals surface area contributed by atoms with E-state index in [-0.39, 0.29) is 30.0 Å². The summed E-state index contributed by atoms with van der Waals surface area (Å²) in [5.41, 5.74) is 0.592. The highest BCUT2D eigenvalue weighted by Gasteiger charge is 2.25. The lowest BCUT2D eigenvalue weighted by molar-refractivity contribution is 0.101. The smallest absolute Gasteiger partial charge is 0.263 e. The molecular weight excluding hydrogens is 418 g/mol. The molecule has 0 spiro atoms. The molecule has 0 aromatic carbocycles. The molecular formula is C24H29N7O2. The van der Waals surface area contributed by atoms with Crippen LogP contribution in [-0.4, -0.2) is 51.5 Å². The number of rotatable bonds is 5. The molecule has 4 heterocycles. The standard InChI is InChI=1S/C24H29N7O2/c1-15-19-14-27-24(28-20-8-7-18(13-26-20)30-11-9-25-10-12-30)29-22(19)31(17-5-3-4-6-17)23(33)21(15)16(2)32/h7-8,13-14,17,25H,3-6,9-12H2,1-2H3,(H,26,27,28,29)/i5D2,6D2. The van der Waals surface area contributed by atoms with Crippen LogP contribution in [0, 0.1) is 6.92 Å². The van der Waals surface area contributed by atoms with Gasteiger partial charge < -0.3 is 15.5 Å². The maximum absolute atomic E-state index is 13.6. The minimum absolute atomic E-state index is 0.0541. The predicted molar refractivity (Wildman–Crippen MR) is 129 cm³/mol. The van der Waals surface area contributed by atoms with Crippen LogP contribution in [-0.2, 0) is 0 Å². The Hall–Kier alpha value is -3.33. The molecule has 9 nitrogen and oxygen atoms in total. The van der Waals surface area contributed by atoms with Crippen molar-refractivity contribution in [2.24, 2.45) is 0 Å². The van der Waals surface area contributed by atoms with Crippen LogP contribution in [0.3, 0.4) is 0 Å². The number of aryl methyl sites for hydroxylation is 1. The number of anilines is 3. The van der Waals surface area contributed by atoms with Crippen molar-refractivity contribution in [1.82, 2.24) is 24.8 Å². The first-order valence-electron chi connectivity index (χ1n) is 13.1. The third-order valence-electron chi connectivity index (χ3n) is 6.09. The van der Waals surface area contributed by atoms with Gasteiger partial charge in [-0.15, -0.1) is 0 Å². The first-order chi connectivity index (χ1) is 17.5. The molecule has 9 heteroatoms. The van der Waals surface area contributed by atoms with Crippen molar-refractivity contribution in [3.05, 3.63) is 46.0 Å². The van der Waals surface area contributed by atoms with Gasteiger partial charge in [0.05, 0.1) is 17.4 Å². The predicted octanol–water partition coefficient (Wildman–Crippen LogP) is 2.97. The van der Waals surface area contributed by atoms with E-state index < -0.39 is 30.1 Å². The van der Waals surface area contributed by atoms with Gasteiger partial charge in [0.1, 0.15) is 11.5 Å². The third kappa shape index (κ3) is 4.08. The molecule has 2 N–H and O–H groups in total. The van der Waals surface area contributed by atoms with Crippen LogP contribution in [0.15, 0.2) is 29.3 Å². The van der Waals surface area contributed by atoms with Crippen LogP contribution >= 0.6 is 0 Å². The second-order valence-corrected chi connectivity index (χ2v) is 8.24. The van der Waals surface area contributed by atoms with E-state index in [2.05, 4.69) is 30.5 Å². The Labute approximate surface area is 197 Å². The first kappa shape index (κ1) is 17.2.